The summed E-state index contributed by atoms with van der Waals surface area (Å²) in [5.41, 5.74) is 1.65. The van der Waals surface area contributed by atoms with E-state index in [1.165, 1.54) is 0 Å². The fourth-order valence-electron chi connectivity index (χ4n) is 2.24. The Labute approximate surface area is 133 Å². The third kappa shape index (κ3) is 3.42. The molecular weight excluding hydrogens is 296 g/mol. The molecule has 0 unspecified atom stereocenters. The minimum Gasteiger partial charge on any atom is -0.497 e. The summed E-state index contributed by atoms with van der Waals surface area (Å²) in [6.45, 7) is 0.344. The lowest BCUT2D eigenvalue weighted by atomic mass is 10.2. The Balaban J connectivity index is 1.77. The van der Waals surface area contributed by atoms with Gasteiger partial charge in [0, 0.05) is 11.3 Å². The largest absolute Gasteiger partial charge is 0.497 e. The number of hydrogen-bond donors (Lipinski definition) is 2. The monoisotopic (exact) mass is 312 g/mol. The Hall–Kier alpha value is -3.02. The Morgan fingerprint density at radius 1 is 1.22 bits per heavy atom. The molecular formula is C17H16N2O4. The van der Waals surface area contributed by atoms with Crippen LogP contribution in [-0.4, -0.2) is 25.5 Å². The number of rotatable bonds is 3. The summed E-state index contributed by atoms with van der Waals surface area (Å²) >= 11 is 0. The van der Waals surface area contributed by atoms with Crippen LogP contribution in [0.4, 0.5) is 11.4 Å². The van der Waals surface area contributed by atoms with Gasteiger partial charge in [-0.2, -0.15) is 0 Å². The number of nitrogens with one attached hydrogen (secondary N) is 2. The highest BCUT2D eigenvalue weighted by atomic mass is 16.5. The van der Waals surface area contributed by atoms with Crippen molar-refractivity contribution >= 4 is 23.2 Å². The van der Waals surface area contributed by atoms with Gasteiger partial charge in [0.05, 0.1) is 25.8 Å². The highest BCUT2D eigenvalue weighted by Crippen LogP contribution is 2.30. The first-order chi connectivity index (χ1) is 11.2. The number of ether oxygens (including phenoxy) is 2. The summed E-state index contributed by atoms with van der Waals surface area (Å²) in [4.78, 5) is 23.8. The summed E-state index contributed by atoms with van der Waals surface area (Å²) in [6.07, 6.45) is 0.308. The van der Waals surface area contributed by atoms with E-state index in [1.807, 2.05) is 0 Å². The van der Waals surface area contributed by atoms with E-state index < -0.39 is 0 Å². The van der Waals surface area contributed by atoms with E-state index in [2.05, 4.69) is 10.6 Å². The molecule has 3 rings (SSSR count). The van der Waals surface area contributed by atoms with Crippen LogP contribution >= 0.6 is 0 Å². The van der Waals surface area contributed by atoms with Crippen molar-refractivity contribution in [2.75, 3.05) is 24.4 Å². The molecule has 0 radical (unpaired) electrons. The average Bonchev–Trinajstić information content (AvgIpc) is 2.75. The van der Waals surface area contributed by atoms with Gasteiger partial charge in [-0.3, -0.25) is 9.59 Å². The molecule has 2 amide bonds. The summed E-state index contributed by atoms with van der Waals surface area (Å²) < 4.78 is 10.5. The first kappa shape index (κ1) is 14.9. The van der Waals surface area contributed by atoms with Crippen LogP contribution in [0.3, 0.4) is 0 Å². The molecule has 0 aliphatic carbocycles. The second-order valence-corrected chi connectivity index (χ2v) is 5.04. The van der Waals surface area contributed by atoms with Crippen LogP contribution in [-0.2, 0) is 4.79 Å². The molecule has 6 nitrogen and oxygen atoms in total. The summed E-state index contributed by atoms with van der Waals surface area (Å²) in [6, 6.07) is 12.0. The molecule has 2 aromatic rings. The average molecular weight is 312 g/mol. The lowest BCUT2D eigenvalue weighted by molar-refractivity contribution is -0.116. The van der Waals surface area contributed by atoms with Gasteiger partial charge in [-0.1, -0.05) is 0 Å². The number of fused-ring (bicyclic) bond motifs is 1. The van der Waals surface area contributed by atoms with Crippen molar-refractivity contribution in [2.45, 2.75) is 6.42 Å². The van der Waals surface area contributed by atoms with Crippen molar-refractivity contribution < 1.29 is 19.1 Å². The van der Waals surface area contributed by atoms with Crippen molar-refractivity contribution in [3.63, 3.8) is 0 Å². The van der Waals surface area contributed by atoms with Gasteiger partial charge in [0.2, 0.25) is 5.91 Å². The van der Waals surface area contributed by atoms with Crippen molar-refractivity contribution in [3.05, 3.63) is 48.0 Å². The number of amides is 2. The number of benzene rings is 2. The molecule has 2 aromatic carbocycles. The maximum Gasteiger partial charge on any atom is 0.255 e. The number of hydrogen-bond acceptors (Lipinski definition) is 4. The lowest BCUT2D eigenvalue weighted by Crippen LogP contribution is -2.13. The van der Waals surface area contributed by atoms with Crippen LogP contribution in [0.25, 0.3) is 0 Å². The molecule has 1 heterocycles. The zero-order valence-corrected chi connectivity index (χ0v) is 12.6. The standard InChI is InChI=1S/C17H16N2O4/c1-22-13-5-2-11(3-6-13)17(21)18-12-4-7-15-14(10-12)19-16(20)8-9-23-15/h2-7,10H,8-9H2,1H3,(H,18,21)(H,19,20). The maximum absolute atomic E-state index is 12.2. The zero-order chi connectivity index (χ0) is 16.2. The maximum atomic E-state index is 12.2. The second-order valence-electron chi connectivity index (χ2n) is 5.04. The lowest BCUT2D eigenvalue weighted by Gasteiger charge is -2.11. The van der Waals surface area contributed by atoms with E-state index in [4.69, 9.17) is 9.47 Å². The summed E-state index contributed by atoms with van der Waals surface area (Å²) in [7, 11) is 1.57. The fraction of sp³-hybridized carbons (Fsp3) is 0.176. The van der Waals surface area contributed by atoms with Gasteiger partial charge in [0.15, 0.2) is 0 Å². The van der Waals surface area contributed by atoms with Crippen LogP contribution in [0, 0.1) is 0 Å². The van der Waals surface area contributed by atoms with E-state index >= 15 is 0 Å². The van der Waals surface area contributed by atoms with Gasteiger partial charge in [-0.05, 0) is 42.5 Å². The summed E-state index contributed by atoms with van der Waals surface area (Å²) in [5, 5.41) is 5.55. The van der Waals surface area contributed by atoms with Gasteiger partial charge >= 0.3 is 0 Å². The van der Waals surface area contributed by atoms with Crippen molar-refractivity contribution in [1.82, 2.24) is 0 Å². The quantitative estimate of drug-likeness (QED) is 0.913. The predicted molar refractivity (Wildman–Crippen MR) is 86.1 cm³/mol. The molecule has 0 atom stereocenters. The molecule has 0 spiro atoms. The van der Waals surface area contributed by atoms with E-state index in [1.54, 1.807) is 49.6 Å². The molecule has 0 aromatic heterocycles. The minimum atomic E-state index is -0.242. The highest BCUT2D eigenvalue weighted by molar-refractivity contribution is 6.05. The number of carbonyl (C=O) groups excluding carboxylic acids is 2. The Morgan fingerprint density at radius 3 is 2.74 bits per heavy atom. The molecule has 2 N–H and O–H groups in total. The number of anilines is 2. The van der Waals surface area contributed by atoms with Crippen LogP contribution < -0.4 is 20.1 Å². The molecule has 23 heavy (non-hydrogen) atoms. The number of carbonyl (C=O) groups is 2. The normalized spacial score (nSPS) is 13.2. The van der Waals surface area contributed by atoms with Gasteiger partial charge in [-0.25, -0.2) is 0 Å². The molecule has 0 saturated heterocycles. The van der Waals surface area contributed by atoms with Crippen molar-refractivity contribution in [2.24, 2.45) is 0 Å². The van der Waals surface area contributed by atoms with Crippen LogP contribution in [0.15, 0.2) is 42.5 Å². The molecule has 0 saturated carbocycles. The van der Waals surface area contributed by atoms with Crippen LogP contribution in [0.5, 0.6) is 11.5 Å². The molecule has 118 valence electrons. The van der Waals surface area contributed by atoms with Crippen molar-refractivity contribution in [1.29, 1.82) is 0 Å². The van der Waals surface area contributed by atoms with E-state index in [9.17, 15) is 9.59 Å². The van der Waals surface area contributed by atoms with Gasteiger partial charge in [0.1, 0.15) is 11.5 Å². The second kappa shape index (κ2) is 6.39. The summed E-state index contributed by atoms with van der Waals surface area (Å²) in [5.74, 6) is 0.931. The smallest absolute Gasteiger partial charge is 0.255 e. The Bertz CT molecular complexity index is 741. The molecule has 0 fully saturated rings. The van der Waals surface area contributed by atoms with E-state index in [0.717, 1.165) is 0 Å². The first-order valence-corrected chi connectivity index (χ1v) is 7.18. The zero-order valence-electron chi connectivity index (χ0n) is 12.6. The van der Waals surface area contributed by atoms with E-state index in [0.29, 0.717) is 41.5 Å². The SMILES string of the molecule is COc1ccc(C(=O)Nc2ccc3c(c2)NC(=O)CCO3)cc1. The van der Waals surface area contributed by atoms with Gasteiger partial charge in [-0.15, -0.1) is 0 Å². The molecule has 1 aliphatic heterocycles. The Kier molecular flexibility index (Phi) is 4.14. The van der Waals surface area contributed by atoms with Gasteiger partial charge in [0.25, 0.3) is 5.91 Å². The third-order valence-electron chi connectivity index (χ3n) is 3.45. The number of methoxy groups -OCH3 is 1. The van der Waals surface area contributed by atoms with Crippen molar-refractivity contribution in [3.8, 4) is 11.5 Å². The molecule has 0 bridgehead atoms. The molecule has 6 heteroatoms. The van der Waals surface area contributed by atoms with Crippen LogP contribution in [0.2, 0.25) is 0 Å². The minimum absolute atomic E-state index is 0.109. The first-order valence-electron chi connectivity index (χ1n) is 7.18. The fourth-order valence-corrected chi connectivity index (χ4v) is 2.24. The topological polar surface area (TPSA) is 76.7 Å². The third-order valence-corrected chi connectivity index (χ3v) is 3.45. The molecule has 1 aliphatic rings. The highest BCUT2D eigenvalue weighted by Gasteiger charge is 2.15. The predicted octanol–water partition coefficient (Wildman–Crippen LogP) is 2.67. The van der Waals surface area contributed by atoms with Crippen LogP contribution in [0.1, 0.15) is 16.8 Å². The Morgan fingerprint density at radius 2 is 2.00 bits per heavy atom. The van der Waals surface area contributed by atoms with Gasteiger partial charge < -0.3 is 20.1 Å². The van der Waals surface area contributed by atoms with E-state index in [-0.39, 0.29) is 11.8 Å².